The van der Waals surface area contributed by atoms with Gasteiger partial charge in [0.15, 0.2) is 0 Å². The van der Waals surface area contributed by atoms with Crippen molar-refractivity contribution in [2.45, 2.75) is 11.8 Å². The van der Waals surface area contributed by atoms with Crippen LogP contribution in [-0.4, -0.2) is 27.0 Å². The first-order valence-corrected chi connectivity index (χ1v) is 7.74. The Hall–Kier alpha value is -2.74. The van der Waals surface area contributed by atoms with E-state index in [0.717, 1.165) is 11.8 Å². The zero-order valence-corrected chi connectivity index (χ0v) is 12.7. The fourth-order valence-corrected chi connectivity index (χ4v) is 2.36. The number of phenolic OH excluding ortho intramolecular Hbond substituents is 1. The average molecular weight is 331 g/mol. The summed E-state index contributed by atoms with van der Waals surface area (Å²) >= 11 is 1.15. The van der Waals surface area contributed by atoms with Gasteiger partial charge in [0, 0.05) is 5.56 Å². The number of amides is 1. The molecule has 1 aromatic carbocycles. The molecule has 0 fully saturated rings. The average Bonchev–Trinajstić information content (AvgIpc) is 3.23. The van der Waals surface area contributed by atoms with Crippen molar-refractivity contribution < 1.29 is 18.7 Å². The topological polar surface area (TPSA) is 101 Å². The Morgan fingerprint density at radius 2 is 2.04 bits per heavy atom. The molecule has 1 amide bonds. The zero-order chi connectivity index (χ0) is 16.1. The third-order valence-corrected chi connectivity index (χ3v) is 3.71. The zero-order valence-electron chi connectivity index (χ0n) is 11.9. The molecular weight excluding hydrogens is 318 g/mol. The van der Waals surface area contributed by atoms with Gasteiger partial charge in [0.2, 0.25) is 11.8 Å². The van der Waals surface area contributed by atoms with Crippen LogP contribution in [0.25, 0.3) is 11.5 Å². The standard InChI is InChI=1S/C15H13N3O4S/c19-11-5-3-10(4-6-11)14-17-18-15(22-14)23-9-13(20)16-8-12-2-1-7-21-12/h1-7,19H,8-9H2,(H,16,20). The van der Waals surface area contributed by atoms with Crippen molar-refractivity contribution in [2.24, 2.45) is 0 Å². The number of nitrogens with zero attached hydrogens (tertiary/aromatic N) is 2. The second kappa shape index (κ2) is 7.01. The lowest BCUT2D eigenvalue weighted by Gasteiger charge is -2.01. The normalized spacial score (nSPS) is 10.6. The number of benzene rings is 1. The van der Waals surface area contributed by atoms with Gasteiger partial charge in [0.05, 0.1) is 18.6 Å². The number of furan rings is 1. The number of aromatic nitrogens is 2. The van der Waals surface area contributed by atoms with Crippen LogP contribution in [0.2, 0.25) is 0 Å². The van der Waals surface area contributed by atoms with Crippen molar-refractivity contribution in [3.8, 4) is 17.2 Å². The number of carbonyl (C=O) groups excluding carboxylic acids is 1. The third-order valence-electron chi connectivity index (χ3n) is 2.89. The van der Waals surface area contributed by atoms with Crippen molar-refractivity contribution in [1.29, 1.82) is 0 Å². The number of hydrogen-bond donors (Lipinski definition) is 2. The Kier molecular flexibility index (Phi) is 4.62. The van der Waals surface area contributed by atoms with Crippen LogP contribution < -0.4 is 5.32 Å². The van der Waals surface area contributed by atoms with E-state index in [2.05, 4.69) is 15.5 Å². The molecule has 0 aliphatic rings. The van der Waals surface area contributed by atoms with E-state index in [0.29, 0.717) is 29.0 Å². The minimum Gasteiger partial charge on any atom is -0.508 e. The van der Waals surface area contributed by atoms with Crippen molar-refractivity contribution in [2.75, 3.05) is 5.75 Å². The molecule has 23 heavy (non-hydrogen) atoms. The maximum absolute atomic E-state index is 11.7. The van der Waals surface area contributed by atoms with Crippen molar-refractivity contribution in [1.82, 2.24) is 15.5 Å². The number of hydrogen-bond acceptors (Lipinski definition) is 7. The summed E-state index contributed by atoms with van der Waals surface area (Å²) in [6.45, 7) is 0.342. The first-order valence-electron chi connectivity index (χ1n) is 6.75. The second-order valence-electron chi connectivity index (χ2n) is 4.56. The van der Waals surface area contributed by atoms with Gasteiger partial charge in [-0.25, -0.2) is 0 Å². The first kappa shape index (κ1) is 15.2. The van der Waals surface area contributed by atoms with E-state index in [1.165, 1.54) is 12.1 Å². The largest absolute Gasteiger partial charge is 0.508 e. The monoisotopic (exact) mass is 331 g/mol. The predicted octanol–water partition coefficient (Wildman–Crippen LogP) is 2.44. The van der Waals surface area contributed by atoms with Gasteiger partial charge in [-0.15, -0.1) is 10.2 Å². The van der Waals surface area contributed by atoms with Crippen molar-refractivity contribution >= 4 is 17.7 Å². The smallest absolute Gasteiger partial charge is 0.277 e. The molecule has 2 aromatic heterocycles. The quantitative estimate of drug-likeness (QED) is 0.669. The molecule has 0 unspecified atom stereocenters. The Balaban J connectivity index is 1.50. The molecule has 0 saturated heterocycles. The number of thioether (sulfide) groups is 1. The predicted molar refractivity (Wildman–Crippen MR) is 82.7 cm³/mol. The van der Waals surface area contributed by atoms with Gasteiger partial charge in [0.25, 0.3) is 5.22 Å². The summed E-state index contributed by atoms with van der Waals surface area (Å²) in [6.07, 6.45) is 1.56. The highest BCUT2D eigenvalue weighted by Crippen LogP contribution is 2.24. The summed E-state index contributed by atoms with van der Waals surface area (Å²) < 4.78 is 10.6. The molecule has 3 aromatic rings. The molecule has 3 rings (SSSR count). The molecule has 0 atom stereocenters. The van der Waals surface area contributed by atoms with Gasteiger partial charge in [-0.3, -0.25) is 4.79 Å². The summed E-state index contributed by atoms with van der Waals surface area (Å²) in [4.78, 5) is 11.7. The van der Waals surface area contributed by atoms with E-state index in [-0.39, 0.29) is 17.4 Å². The van der Waals surface area contributed by atoms with Crippen LogP contribution in [0.5, 0.6) is 5.75 Å². The molecule has 0 saturated carbocycles. The maximum Gasteiger partial charge on any atom is 0.277 e. The summed E-state index contributed by atoms with van der Waals surface area (Å²) in [5, 5.41) is 20.1. The molecule has 0 spiro atoms. The van der Waals surface area contributed by atoms with Gasteiger partial charge in [-0.05, 0) is 36.4 Å². The van der Waals surface area contributed by atoms with E-state index in [1.807, 2.05) is 0 Å². The molecule has 2 heterocycles. The number of rotatable bonds is 6. The summed E-state index contributed by atoms with van der Waals surface area (Å²) in [5.74, 6) is 1.20. The van der Waals surface area contributed by atoms with E-state index >= 15 is 0 Å². The minimum atomic E-state index is -0.157. The van der Waals surface area contributed by atoms with E-state index < -0.39 is 0 Å². The first-order chi connectivity index (χ1) is 11.2. The second-order valence-corrected chi connectivity index (χ2v) is 5.49. The highest BCUT2D eigenvalue weighted by Gasteiger charge is 2.11. The molecule has 0 aliphatic heterocycles. The van der Waals surface area contributed by atoms with E-state index in [4.69, 9.17) is 8.83 Å². The molecule has 0 bridgehead atoms. The van der Waals surface area contributed by atoms with Crippen LogP contribution in [0.4, 0.5) is 0 Å². The highest BCUT2D eigenvalue weighted by molar-refractivity contribution is 7.99. The van der Waals surface area contributed by atoms with Gasteiger partial charge >= 0.3 is 0 Å². The Morgan fingerprint density at radius 3 is 2.78 bits per heavy atom. The fraction of sp³-hybridized carbons (Fsp3) is 0.133. The molecule has 118 valence electrons. The maximum atomic E-state index is 11.7. The molecular formula is C15H13N3O4S. The van der Waals surface area contributed by atoms with Crippen LogP contribution in [-0.2, 0) is 11.3 Å². The van der Waals surface area contributed by atoms with Crippen LogP contribution in [0.15, 0.2) is 56.7 Å². The summed E-state index contributed by atoms with van der Waals surface area (Å²) in [6, 6.07) is 9.97. The lowest BCUT2D eigenvalue weighted by molar-refractivity contribution is -0.118. The number of aromatic hydroxyl groups is 1. The van der Waals surface area contributed by atoms with Crippen LogP contribution in [0, 0.1) is 0 Å². The van der Waals surface area contributed by atoms with Gasteiger partial charge < -0.3 is 19.3 Å². The lowest BCUT2D eigenvalue weighted by atomic mass is 10.2. The van der Waals surface area contributed by atoms with Gasteiger partial charge in [0.1, 0.15) is 11.5 Å². The van der Waals surface area contributed by atoms with Crippen molar-refractivity contribution in [3.05, 3.63) is 48.4 Å². The number of phenols is 1. The Morgan fingerprint density at radius 1 is 1.22 bits per heavy atom. The fourth-order valence-electron chi connectivity index (χ4n) is 1.77. The third kappa shape index (κ3) is 4.13. The van der Waals surface area contributed by atoms with Gasteiger partial charge in [-0.1, -0.05) is 11.8 Å². The molecule has 8 heteroatoms. The number of carbonyl (C=O) groups is 1. The van der Waals surface area contributed by atoms with E-state index in [9.17, 15) is 9.90 Å². The Bertz CT molecular complexity index is 768. The van der Waals surface area contributed by atoms with E-state index in [1.54, 1.807) is 30.5 Å². The summed E-state index contributed by atoms with van der Waals surface area (Å²) in [5.41, 5.74) is 0.699. The summed E-state index contributed by atoms with van der Waals surface area (Å²) in [7, 11) is 0. The minimum absolute atomic E-state index is 0.157. The van der Waals surface area contributed by atoms with Crippen molar-refractivity contribution in [3.63, 3.8) is 0 Å². The van der Waals surface area contributed by atoms with Gasteiger partial charge in [-0.2, -0.15) is 0 Å². The molecule has 7 nitrogen and oxygen atoms in total. The van der Waals surface area contributed by atoms with Crippen LogP contribution in [0.1, 0.15) is 5.76 Å². The molecule has 2 N–H and O–H groups in total. The lowest BCUT2D eigenvalue weighted by Crippen LogP contribution is -2.24. The SMILES string of the molecule is O=C(CSc1nnc(-c2ccc(O)cc2)o1)NCc1ccco1. The molecule has 0 aliphatic carbocycles. The Labute approximate surface area is 135 Å². The molecule has 0 radical (unpaired) electrons. The van der Waals surface area contributed by atoms with Crippen LogP contribution >= 0.6 is 11.8 Å². The number of nitrogens with one attached hydrogen (secondary N) is 1. The van der Waals surface area contributed by atoms with Crippen LogP contribution in [0.3, 0.4) is 0 Å². The highest BCUT2D eigenvalue weighted by atomic mass is 32.2.